The lowest BCUT2D eigenvalue weighted by Gasteiger charge is -2.13. The highest BCUT2D eigenvalue weighted by atomic mass is 79.9. The maximum atomic E-state index is 12.7. The first-order valence-electron chi connectivity index (χ1n) is 6.41. The third-order valence-corrected chi connectivity index (χ3v) is 3.39. The first kappa shape index (κ1) is 16.0. The van der Waals surface area contributed by atoms with Gasteiger partial charge in [-0.2, -0.15) is 18.3 Å². The second-order valence-electron chi connectivity index (χ2n) is 4.98. The van der Waals surface area contributed by atoms with Crippen LogP contribution in [0.5, 0.6) is 0 Å². The van der Waals surface area contributed by atoms with E-state index < -0.39 is 11.7 Å². The van der Waals surface area contributed by atoms with E-state index in [1.165, 1.54) is 4.68 Å². The van der Waals surface area contributed by atoms with Gasteiger partial charge in [0, 0.05) is 23.3 Å². The number of hydrogen-bond acceptors (Lipinski definition) is 2. The fraction of sp³-hybridized carbons (Fsp3) is 0.357. The Morgan fingerprint density at radius 3 is 2.62 bits per heavy atom. The lowest BCUT2D eigenvalue weighted by Crippen LogP contribution is -2.22. The van der Waals surface area contributed by atoms with Crippen LogP contribution in [-0.2, 0) is 12.7 Å². The first-order valence-corrected chi connectivity index (χ1v) is 7.20. The Balaban J connectivity index is 2.36. The van der Waals surface area contributed by atoms with E-state index in [4.69, 9.17) is 0 Å². The zero-order chi connectivity index (χ0) is 15.6. The fourth-order valence-corrected chi connectivity index (χ4v) is 2.24. The van der Waals surface area contributed by atoms with Gasteiger partial charge < -0.3 is 5.32 Å². The van der Waals surface area contributed by atoms with Crippen LogP contribution in [0.15, 0.2) is 35.1 Å². The van der Waals surface area contributed by atoms with E-state index in [9.17, 15) is 13.2 Å². The van der Waals surface area contributed by atoms with Crippen LogP contribution in [0.3, 0.4) is 0 Å². The predicted octanol–water partition coefficient (Wildman–Crippen LogP) is 4.15. The molecule has 0 aliphatic carbocycles. The van der Waals surface area contributed by atoms with Crippen LogP contribution < -0.4 is 5.32 Å². The summed E-state index contributed by atoms with van der Waals surface area (Å²) in [5, 5.41) is 7.08. The quantitative estimate of drug-likeness (QED) is 0.886. The fourth-order valence-electron chi connectivity index (χ4n) is 1.83. The molecule has 0 bridgehead atoms. The summed E-state index contributed by atoms with van der Waals surface area (Å²) in [6.07, 6.45) is -2.55. The molecule has 7 heteroatoms. The molecule has 114 valence electrons. The van der Waals surface area contributed by atoms with Gasteiger partial charge in [-0.05, 0) is 23.8 Å². The van der Waals surface area contributed by atoms with E-state index in [0.29, 0.717) is 12.2 Å². The molecule has 0 spiro atoms. The van der Waals surface area contributed by atoms with Gasteiger partial charge in [-0.15, -0.1) is 0 Å². The summed E-state index contributed by atoms with van der Waals surface area (Å²) in [4.78, 5) is 0. The van der Waals surface area contributed by atoms with Crippen LogP contribution in [0.4, 0.5) is 13.2 Å². The highest BCUT2D eigenvalue weighted by Gasteiger charge is 2.32. The van der Waals surface area contributed by atoms with Crippen molar-refractivity contribution in [3.8, 4) is 5.69 Å². The molecule has 1 aromatic heterocycles. The predicted molar refractivity (Wildman–Crippen MR) is 78.2 cm³/mol. The number of rotatable bonds is 4. The standard InChI is InChI=1S/C14H15BrF3N3/c1-9(2)19-6-10-5-12(15)3-4-13(10)21-8-11(7-20-21)14(16,17)18/h3-5,7-9,19H,6H2,1-2H3. The van der Waals surface area contributed by atoms with Crippen LogP contribution >= 0.6 is 15.9 Å². The molecule has 0 fully saturated rings. The largest absolute Gasteiger partial charge is 0.419 e. The molecule has 3 nitrogen and oxygen atoms in total. The second-order valence-corrected chi connectivity index (χ2v) is 5.90. The molecule has 0 radical (unpaired) electrons. The minimum absolute atomic E-state index is 0.278. The van der Waals surface area contributed by atoms with Crippen molar-refractivity contribution in [3.63, 3.8) is 0 Å². The zero-order valence-corrected chi connectivity index (χ0v) is 13.2. The Labute approximate surface area is 129 Å². The first-order chi connectivity index (χ1) is 9.77. The Morgan fingerprint density at radius 1 is 1.33 bits per heavy atom. The molecule has 1 N–H and O–H groups in total. The molecule has 1 heterocycles. The third-order valence-electron chi connectivity index (χ3n) is 2.90. The molecular weight excluding hydrogens is 347 g/mol. The number of alkyl halides is 3. The summed E-state index contributed by atoms with van der Waals surface area (Å²) < 4.78 is 40.1. The molecule has 2 aromatic rings. The Kier molecular flexibility index (Phi) is 4.73. The van der Waals surface area contributed by atoms with Crippen molar-refractivity contribution in [3.05, 3.63) is 46.2 Å². The van der Waals surface area contributed by atoms with Gasteiger partial charge in [0.1, 0.15) is 0 Å². The number of hydrogen-bond donors (Lipinski definition) is 1. The number of nitrogens with zero attached hydrogens (tertiary/aromatic N) is 2. The van der Waals surface area contributed by atoms with E-state index in [-0.39, 0.29) is 6.04 Å². The molecule has 0 atom stereocenters. The normalized spacial score (nSPS) is 12.1. The van der Waals surface area contributed by atoms with Gasteiger partial charge in [0.25, 0.3) is 0 Å². The van der Waals surface area contributed by atoms with Crippen LogP contribution in [0.2, 0.25) is 0 Å². The van der Waals surface area contributed by atoms with E-state index in [1.807, 2.05) is 19.9 Å². The summed E-state index contributed by atoms with van der Waals surface area (Å²) in [5.74, 6) is 0. The Morgan fingerprint density at radius 2 is 2.05 bits per heavy atom. The van der Waals surface area contributed by atoms with Crippen LogP contribution in [0.1, 0.15) is 25.0 Å². The van der Waals surface area contributed by atoms with Crippen LogP contribution in [0, 0.1) is 0 Å². The monoisotopic (exact) mass is 361 g/mol. The van der Waals surface area contributed by atoms with Crippen LogP contribution in [-0.4, -0.2) is 15.8 Å². The SMILES string of the molecule is CC(C)NCc1cc(Br)ccc1-n1cc(C(F)(F)F)cn1. The number of nitrogens with one attached hydrogen (secondary N) is 1. The molecule has 2 rings (SSSR count). The molecule has 0 saturated carbocycles. The maximum absolute atomic E-state index is 12.7. The molecule has 0 unspecified atom stereocenters. The minimum atomic E-state index is -4.38. The van der Waals surface area contributed by atoms with Crippen LogP contribution in [0.25, 0.3) is 5.69 Å². The summed E-state index contributed by atoms with van der Waals surface area (Å²) in [6.45, 7) is 4.56. The van der Waals surface area contributed by atoms with E-state index >= 15 is 0 Å². The van der Waals surface area contributed by atoms with Crippen molar-refractivity contribution >= 4 is 15.9 Å². The van der Waals surface area contributed by atoms with Crippen molar-refractivity contribution in [1.82, 2.24) is 15.1 Å². The highest BCUT2D eigenvalue weighted by Crippen LogP contribution is 2.30. The van der Waals surface area contributed by atoms with Gasteiger partial charge in [-0.1, -0.05) is 29.8 Å². The van der Waals surface area contributed by atoms with Gasteiger partial charge in [0.2, 0.25) is 0 Å². The average molecular weight is 362 g/mol. The highest BCUT2D eigenvalue weighted by molar-refractivity contribution is 9.10. The van der Waals surface area contributed by atoms with Gasteiger partial charge in [0.05, 0.1) is 17.4 Å². The second kappa shape index (κ2) is 6.19. The minimum Gasteiger partial charge on any atom is -0.310 e. The molecule has 21 heavy (non-hydrogen) atoms. The smallest absolute Gasteiger partial charge is 0.310 e. The van der Waals surface area contributed by atoms with Crippen molar-refractivity contribution in [2.75, 3.05) is 0 Å². The lowest BCUT2D eigenvalue weighted by atomic mass is 10.1. The van der Waals surface area contributed by atoms with E-state index in [1.54, 1.807) is 12.1 Å². The summed E-state index contributed by atoms with van der Waals surface area (Å²) in [7, 11) is 0. The molecular formula is C14H15BrF3N3. The number of halogens is 4. The summed E-state index contributed by atoms with van der Waals surface area (Å²) in [6, 6.07) is 5.68. The zero-order valence-electron chi connectivity index (χ0n) is 11.6. The Hall–Kier alpha value is -1.34. The topological polar surface area (TPSA) is 29.9 Å². The molecule has 0 saturated heterocycles. The number of aromatic nitrogens is 2. The van der Waals surface area contributed by atoms with E-state index in [0.717, 1.165) is 22.4 Å². The summed E-state index contributed by atoms with van der Waals surface area (Å²) in [5.41, 5.74) is 0.741. The van der Waals surface area contributed by atoms with Gasteiger partial charge >= 0.3 is 6.18 Å². The van der Waals surface area contributed by atoms with Gasteiger partial charge in [-0.25, -0.2) is 4.68 Å². The van der Waals surface area contributed by atoms with Gasteiger partial charge in [0.15, 0.2) is 0 Å². The Bertz CT molecular complexity index is 620. The third kappa shape index (κ3) is 4.07. The molecule has 0 amide bonds. The van der Waals surface area contributed by atoms with Gasteiger partial charge in [-0.3, -0.25) is 0 Å². The van der Waals surface area contributed by atoms with Crippen molar-refractivity contribution in [2.24, 2.45) is 0 Å². The molecule has 1 aromatic carbocycles. The van der Waals surface area contributed by atoms with Crippen molar-refractivity contribution < 1.29 is 13.2 Å². The molecule has 0 aliphatic rings. The van der Waals surface area contributed by atoms with Crippen molar-refractivity contribution in [2.45, 2.75) is 32.6 Å². The lowest BCUT2D eigenvalue weighted by molar-refractivity contribution is -0.137. The number of benzene rings is 1. The maximum Gasteiger partial charge on any atom is 0.419 e. The van der Waals surface area contributed by atoms with E-state index in [2.05, 4.69) is 26.3 Å². The van der Waals surface area contributed by atoms with Crippen molar-refractivity contribution in [1.29, 1.82) is 0 Å². The average Bonchev–Trinajstić information content (AvgIpc) is 2.85. The molecule has 0 aliphatic heterocycles. The summed E-state index contributed by atoms with van der Waals surface area (Å²) >= 11 is 3.38.